The normalized spacial score (nSPS) is 11.4. The van der Waals surface area contributed by atoms with Gasteiger partial charge in [0.1, 0.15) is 22.2 Å². The fraction of sp³-hybridized carbons (Fsp3) is 0.0667. The van der Waals surface area contributed by atoms with Crippen molar-refractivity contribution in [1.82, 2.24) is 14.6 Å². The smallest absolute Gasteiger partial charge is 0.213 e. The van der Waals surface area contributed by atoms with Gasteiger partial charge in [0.2, 0.25) is 4.96 Å². The SMILES string of the molecule is OCc1c(-c2ccco2)nc2sc(-c3ccc(F)cc3)nn12. The van der Waals surface area contributed by atoms with Crippen molar-refractivity contribution >= 4 is 16.3 Å². The zero-order valence-corrected chi connectivity index (χ0v) is 12.0. The molecule has 1 aromatic carbocycles. The molecule has 0 aliphatic heterocycles. The molecule has 0 radical (unpaired) electrons. The second-order valence-corrected chi connectivity index (χ2v) is 5.61. The van der Waals surface area contributed by atoms with E-state index >= 15 is 0 Å². The highest BCUT2D eigenvalue weighted by Gasteiger charge is 2.19. The van der Waals surface area contributed by atoms with Gasteiger partial charge in [0, 0.05) is 5.56 Å². The standard InChI is InChI=1S/C15H10FN3O2S/c16-10-5-3-9(4-6-10)14-18-19-11(8-20)13(17-15(19)22-14)12-2-1-7-21-12/h1-7,20H,8H2. The van der Waals surface area contributed by atoms with Gasteiger partial charge in [-0.05, 0) is 36.4 Å². The van der Waals surface area contributed by atoms with Crippen molar-refractivity contribution in [2.24, 2.45) is 0 Å². The predicted octanol–water partition coefficient (Wildman–Crippen LogP) is 3.35. The molecule has 110 valence electrons. The van der Waals surface area contributed by atoms with Crippen LogP contribution < -0.4 is 0 Å². The molecule has 0 amide bonds. The summed E-state index contributed by atoms with van der Waals surface area (Å²) in [7, 11) is 0. The third-order valence-corrected chi connectivity index (χ3v) is 4.25. The van der Waals surface area contributed by atoms with Crippen LogP contribution in [0.15, 0.2) is 47.1 Å². The van der Waals surface area contributed by atoms with Crippen LogP contribution in [-0.2, 0) is 6.61 Å². The molecule has 0 saturated carbocycles. The van der Waals surface area contributed by atoms with Gasteiger partial charge in [0.15, 0.2) is 5.76 Å². The number of rotatable bonds is 3. The molecule has 0 aliphatic rings. The molecule has 22 heavy (non-hydrogen) atoms. The minimum Gasteiger partial charge on any atom is -0.463 e. The van der Waals surface area contributed by atoms with Gasteiger partial charge in [-0.15, -0.1) is 0 Å². The van der Waals surface area contributed by atoms with Crippen molar-refractivity contribution in [3.63, 3.8) is 0 Å². The number of hydrogen-bond acceptors (Lipinski definition) is 5. The average Bonchev–Trinajstić information content (AvgIpc) is 3.22. The van der Waals surface area contributed by atoms with Crippen LogP contribution in [0.5, 0.6) is 0 Å². The zero-order valence-electron chi connectivity index (χ0n) is 11.2. The van der Waals surface area contributed by atoms with Crippen molar-refractivity contribution in [2.75, 3.05) is 0 Å². The number of hydrogen-bond donors (Lipinski definition) is 1. The summed E-state index contributed by atoms with van der Waals surface area (Å²) >= 11 is 1.37. The quantitative estimate of drug-likeness (QED) is 0.630. The molecule has 0 bridgehead atoms. The van der Waals surface area contributed by atoms with Gasteiger partial charge in [-0.1, -0.05) is 11.3 Å². The lowest BCUT2D eigenvalue weighted by molar-refractivity contribution is 0.274. The zero-order chi connectivity index (χ0) is 15.1. The van der Waals surface area contributed by atoms with Crippen LogP contribution >= 0.6 is 11.3 Å². The Hall–Kier alpha value is -2.51. The maximum Gasteiger partial charge on any atom is 0.213 e. The molecular weight excluding hydrogens is 305 g/mol. The Morgan fingerprint density at radius 3 is 2.73 bits per heavy atom. The third kappa shape index (κ3) is 2.02. The second kappa shape index (κ2) is 5.04. The third-order valence-electron chi connectivity index (χ3n) is 3.29. The van der Waals surface area contributed by atoms with Crippen LogP contribution in [0.1, 0.15) is 5.69 Å². The molecule has 3 heterocycles. The second-order valence-electron chi connectivity index (χ2n) is 4.65. The van der Waals surface area contributed by atoms with E-state index in [9.17, 15) is 9.50 Å². The molecule has 4 rings (SSSR count). The van der Waals surface area contributed by atoms with Gasteiger partial charge in [-0.3, -0.25) is 0 Å². The first-order chi connectivity index (χ1) is 10.8. The fourth-order valence-electron chi connectivity index (χ4n) is 2.25. The number of aliphatic hydroxyl groups excluding tert-OH is 1. The molecule has 5 nitrogen and oxygen atoms in total. The number of furan rings is 1. The Labute approximate surface area is 128 Å². The molecule has 0 aliphatic carbocycles. The van der Waals surface area contributed by atoms with Gasteiger partial charge >= 0.3 is 0 Å². The Kier molecular flexibility index (Phi) is 3.02. The Balaban J connectivity index is 1.85. The van der Waals surface area contributed by atoms with Crippen LogP contribution in [0.4, 0.5) is 4.39 Å². The monoisotopic (exact) mass is 315 g/mol. The molecule has 0 spiro atoms. The van der Waals surface area contributed by atoms with Crippen molar-refractivity contribution in [1.29, 1.82) is 0 Å². The van der Waals surface area contributed by atoms with E-state index in [-0.39, 0.29) is 12.4 Å². The number of aliphatic hydroxyl groups is 1. The Morgan fingerprint density at radius 1 is 1.23 bits per heavy atom. The number of imidazole rings is 1. The summed E-state index contributed by atoms with van der Waals surface area (Å²) in [4.78, 5) is 5.13. The summed E-state index contributed by atoms with van der Waals surface area (Å²) in [6, 6.07) is 9.66. The number of halogens is 1. The first kappa shape index (κ1) is 13.2. The van der Waals surface area contributed by atoms with Gasteiger partial charge in [0.05, 0.1) is 12.9 Å². The van der Waals surface area contributed by atoms with E-state index in [1.165, 1.54) is 23.5 Å². The number of benzene rings is 1. The summed E-state index contributed by atoms with van der Waals surface area (Å²) in [5.41, 5.74) is 1.95. The van der Waals surface area contributed by atoms with E-state index < -0.39 is 0 Å². The average molecular weight is 315 g/mol. The lowest BCUT2D eigenvalue weighted by Gasteiger charge is -1.97. The number of nitrogens with zero attached hydrogens (tertiary/aromatic N) is 3. The predicted molar refractivity (Wildman–Crippen MR) is 79.9 cm³/mol. The molecule has 3 aromatic heterocycles. The number of aromatic nitrogens is 3. The van der Waals surface area contributed by atoms with Gasteiger partial charge in [-0.25, -0.2) is 13.9 Å². The lowest BCUT2D eigenvalue weighted by Crippen LogP contribution is -1.95. The maximum absolute atomic E-state index is 13.0. The first-order valence-corrected chi connectivity index (χ1v) is 7.37. The summed E-state index contributed by atoms with van der Waals surface area (Å²) in [6.07, 6.45) is 1.56. The van der Waals surface area contributed by atoms with Gasteiger partial charge in [-0.2, -0.15) is 5.10 Å². The highest BCUT2D eigenvalue weighted by atomic mass is 32.1. The summed E-state index contributed by atoms with van der Waals surface area (Å²) in [6.45, 7) is -0.205. The summed E-state index contributed by atoms with van der Waals surface area (Å²) < 4.78 is 19.9. The highest BCUT2D eigenvalue weighted by molar-refractivity contribution is 7.19. The van der Waals surface area contributed by atoms with Gasteiger partial charge < -0.3 is 9.52 Å². The van der Waals surface area contributed by atoms with Crippen LogP contribution in [0.2, 0.25) is 0 Å². The first-order valence-electron chi connectivity index (χ1n) is 6.55. The lowest BCUT2D eigenvalue weighted by atomic mass is 10.2. The largest absolute Gasteiger partial charge is 0.463 e. The van der Waals surface area contributed by atoms with E-state index in [0.29, 0.717) is 27.1 Å². The van der Waals surface area contributed by atoms with Crippen molar-refractivity contribution < 1.29 is 13.9 Å². The molecule has 4 aromatic rings. The minimum absolute atomic E-state index is 0.205. The van der Waals surface area contributed by atoms with Crippen LogP contribution in [0, 0.1) is 5.82 Å². The van der Waals surface area contributed by atoms with Crippen LogP contribution in [0.3, 0.4) is 0 Å². The van der Waals surface area contributed by atoms with Crippen LogP contribution in [-0.4, -0.2) is 19.7 Å². The van der Waals surface area contributed by atoms with E-state index in [0.717, 1.165) is 5.56 Å². The molecule has 1 N–H and O–H groups in total. The van der Waals surface area contributed by atoms with Crippen molar-refractivity contribution in [2.45, 2.75) is 6.61 Å². The van der Waals surface area contributed by atoms with E-state index in [1.807, 2.05) is 0 Å². The molecule has 7 heteroatoms. The number of fused-ring (bicyclic) bond motifs is 1. The minimum atomic E-state index is -0.291. The highest BCUT2D eigenvalue weighted by Crippen LogP contribution is 2.31. The summed E-state index contributed by atoms with van der Waals surface area (Å²) in [5, 5.41) is 14.8. The summed E-state index contributed by atoms with van der Waals surface area (Å²) in [5.74, 6) is 0.298. The maximum atomic E-state index is 13.0. The Morgan fingerprint density at radius 2 is 2.05 bits per heavy atom. The molecule has 0 unspecified atom stereocenters. The topological polar surface area (TPSA) is 63.6 Å². The molecule has 0 fully saturated rings. The fourth-order valence-corrected chi connectivity index (χ4v) is 3.18. The van der Waals surface area contributed by atoms with E-state index in [1.54, 1.807) is 35.0 Å². The van der Waals surface area contributed by atoms with Crippen LogP contribution in [0.25, 0.3) is 27.0 Å². The van der Waals surface area contributed by atoms with Gasteiger partial charge in [0.25, 0.3) is 0 Å². The molecule has 0 atom stereocenters. The molecule has 0 saturated heterocycles. The van der Waals surface area contributed by atoms with Crippen molar-refractivity contribution in [3.8, 4) is 22.0 Å². The van der Waals surface area contributed by atoms with Crippen molar-refractivity contribution in [3.05, 3.63) is 54.2 Å². The van der Waals surface area contributed by atoms with E-state index in [4.69, 9.17) is 4.42 Å². The molecular formula is C15H10FN3O2S. The Bertz CT molecular complexity index is 926. The van der Waals surface area contributed by atoms with E-state index in [2.05, 4.69) is 10.1 Å².